The van der Waals surface area contributed by atoms with E-state index in [1.165, 1.54) is 7.11 Å². The molecule has 5 heteroatoms. The lowest BCUT2D eigenvalue weighted by molar-refractivity contribution is 0.398. The lowest BCUT2D eigenvalue weighted by Gasteiger charge is -2.04. The maximum absolute atomic E-state index is 5.64. The normalized spacial score (nSPS) is 8.69. The Bertz CT molecular complexity index is 278. The molecule has 1 heterocycles. The molecule has 1 aromatic rings. The highest BCUT2D eigenvalue weighted by Crippen LogP contribution is 2.24. The molecule has 0 saturated heterocycles. The van der Waals surface area contributed by atoms with Crippen LogP contribution in [0.5, 0.6) is 5.88 Å². The molecule has 0 aliphatic heterocycles. The summed E-state index contributed by atoms with van der Waals surface area (Å²) < 4.78 is 4.85. The molecule has 0 saturated carbocycles. The Kier molecular flexibility index (Phi) is 5.14. The largest absolute Gasteiger partial charge is 0.479 e. The van der Waals surface area contributed by atoms with E-state index in [4.69, 9.17) is 22.1 Å². The molecule has 0 atom stereocenters. The van der Waals surface area contributed by atoms with Crippen LogP contribution >= 0.6 is 11.6 Å². The van der Waals surface area contributed by atoms with E-state index in [0.717, 1.165) is 0 Å². The van der Waals surface area contributed by atoms with E-state index in [1.54, 1.807) is 6.92 Å². The summed E-state index contributed by atoms with van der Waals surface area (Å²) in [6.45, 7) is 5.72. The molecule has 0 aromatic carbocycles. The zero-order valence-corrected chi connectivity index (χ0v) is 9.01. The molecular formula is C8H14ClN3O. The summed E-state index contributed by atoms with van der Waals surface area (Å²) in [7, 11) is 1.48. The minimum atomic E-state index is 0.231. The smallest absolute Gasteiger partial charge is 0.241 e. The number of halogens is 1. The fourth-order valence-electron chi connectivity index (χ4n) is 0.678. The van der Waals surface area contributed by atoms with Gasteiger partial charge in [0.1, 0.15) is 11.5 Å². The van der Waals surface area contributed by atoms with Crippen molar-refractivity contribution >= 4 is 17.3 Å². The van der Waals surface area contributed by atoms with E-state index < -0.39 is 0 Å². The van der Waals surface area contributed by atoms with E-state index in [0.29, 0.717) is 11.7 Å². The first-order valence-corrected chi connectivity index (χ1v) is 4.36. The number of rotatable bonds is 1. The molecule has 0 aliphatic carbocycles. The predicted molar refractivity (Wildman–Crippen MR) is 54.1 cm³/mol. The summed E-state index contributed by atoms with van der Waals surface area (Å²) in [5.74, 6) is 0.864. The van der Waals surface area contributed by atoms with Gasteiger partial charge in [-0.05, 0) is 6.92 Å². The van der Waals surface area contributed by atoms with E-state index in [2.05, 4.69) is 9.97 Å². The van der Waals surface area contributed by atoms with Crippen LogP contribution < -0.4 is 10.5 Å². The van der Waals surface area contributed by atoms with Gasteiger partial charge in [-0.3, -0.25) is 0 Å². The van der Waals surface area contributed by atoms with Crippen molar-refractivity contribution in [1.29, 1.82) is 0 Å². The number of anilines is 1. The Morgan fingerprint density at radius 2 is 1.85 bits per heavy atom. The zero-order chi connectivity index (χ0) is 10.4. The van der Waals surface area contributed by atoms with Crippen molar-refractivity contribution in [3.05, 3.63) is 11.0 Å². The number of nitrogens with two attached hydrogens (primary N) is 1. The Morgan fingerprint density at radius 3 is 2.31 bits per heavy atom. The summed E-state index contributed by atoms with van der Waals surface area (Å²) in [6.07, 6.45) is 0. The average Bonchev–Trinajstić information content (AvgIpc) is 2.14. The number of ether oxygens (including phenoxy) is 1. The lowest BCUT2D eigenvalue weighted by atomic mass is 10.5. The highest BCUT2D eigenvalue weighted by molar-refractivity contribution is 6.32. The van der Waals surface area contributed by atoms with Crippen LogP contribution in [0.15, 0.2) is 0 Å². The third-order valence-corrected chi connectivity index (χ3v) is 1.46. The summed E-state index contributed by atoms with van der Waals surface area (Å²) in [5.41, 5.74) is 5.76. The van der Waals surface area contributed by atoms with Crippen molar-refractivity contribution in [2.75, 3.05) is 12.8 Å². The second-order valence-electron chi connectivity index (χ2n) is 1.98. The van der Waals surface area contributed by atoms with Crippen molar-refractivity contribution in [3.63, 3.8) is 0 Å². The van der Waals surface area contributed by atoms with Crippen LogP contribution in [-0.2, 0) is 0 Å². The first-order chi connectivity index (χ1) is 6.15. The molecule has 0 spiro atoms. The number of aromatic nitrogens is 2. The quantitative estimate of drug-likeness (QED) is 0.710. The first kappa shape index (κ1) is 12.0. The van der Waals surface area contributed by atoms with Crippen LogP contribution in [0.25, 0.3) is 0 Å². The highest BCUT2D eigenvalue weighted by atomic mass is 35.5. The SMILES string of the molecule is CC.COc1nc(C)nc(Cl)c1N. The van der Waals surface area contributed by atoms with E-state index in [1.807, 2.05) is 13.8 Å². The van der Waals surface area contributed by atoms with Gasteiger partial charge in [-0.25, -0.2) is 4.98 Å². The van der Waals surface area contributed by atoms with Crippen LogP contribution in [-0.4, -0.2) is 17.1 Å². The fourth-order valence-corrected chi connectivity index (χ4v) is 0.881. The molecule has 74 valence electrons. The second-order valence-corrected chi connectivity index (χ2v) is 2.34. The maximum Gasteiger partial charge on any atom is 0.241 e. The van der Waals surface area contributed by atoms with Crippen LogP contribution in [0.4, 0.5) is 5.69 Å². The van der Waals surface area contributed by atoms with Crippen molar-refractivity contribution in [2.24, 2.45) is 0 Å². The number of aryl methyl sites for hydroxylation is 1. The summed E-state index contributed by atoms with van der Waals surface area (Å²) in [6, 6.07) is 0. The van der Waals surface area contributed by atoms with Crippen LogP contribution in [0.1, 0.15) is 19.7 Å². The molecule has 1 aromatic heterocycles. The van der Waals surface area contributed by atoms with Gasteiger partial charge in [-0.2, -0.15) is 4.98 Å². The van der Waals surface area contributed by atoms with Crippen molar-refractivity contribution in [3.8, 4) is 5.88 Å². The van der Waals surface area contributed by atoms with Gasteiger partial charge in [0, 0.05) is 0 Å². The van der Waals surface area contributed by atoms with Crippen molar-refractivity contribution in [1.82, 2.24) is 9.97 Å². The summed E-state index contributed by atoms with van der Waals surface area (Å²) in [4.78, 5) is 7.74. The lowest BCUT2D eigenvalue weighted by Crippen LogP contribution is -2.00. The minimum absolute atomic E-state index is 0.231. The average molecular weight is 204 g/mol. The molecule has 0 unspecified atom stereocenters. The molecule has 0 bridgehead atoms. The van der Waals surface area contributed by atoms with E-state index in [9.17, 15) is 0 Å². The van der Waals surface area contributed by atoms with Crippen molar-refractivity contribution in [2.45, 2.75) is 20.8 Å². The molecule has 0 aliphatic rings. The molecule has 4 nitrogen and oxygen atoms in total. The molecule has 1 rings (SSSR count). The van der Waals surface area contributed by atoms with Gasteiger partial charge in [-0.1, -0.05) is 25.4 Å². The molecule has 0 radical (unpaired) electrons. The molecular weight excluding hydrogens is 190 g/mol. The number of hydrogen-bond donors (Lipinski definition) is 1. The Balaban J connectivity index is 0.000000671. The Hall–Kier alpha value is -1.03. The Labute approximate surface area is 83.1 Å². The maximum atomic E-state index is 5.64. The number of hydrogen-bond acceptors (Lipinski definition) is 4. The molecule has 13 heavy (non-hydrogen) atoms. The van der Waals surface area contributed by atoms with E-state index >= 15 is 0 Å². The first-order valence-electron chi connectivity index (χ1n) is 3.98. The third-order valence-electron chi connectivity index (χ3n) is 1.17. The van der Waals surface area contributed by atoms with Gasteiger partial charge in [0.2, 0.25) is 5.88 Å². The van der Waals surface area contributed by atoms with Crippen molar-refractivity contribution < 1.29 is 4.74 Å². The highest BCUT2D eigenvalue weighted by Gasteiger charge is 2.07. The fraction of sp³-hybridized carbons (Fsp3) is 0.500. The van der Waals surface area contributed by atoms with Crippen LogP contribution in [0.2, 0.25) is 5.15 Å². The number of nitrogens with zero attached hydrogens (tertiary/aromatic N) is 2. The monoisotopic (exact) mass is 203 g/mol. The topological polar surface area (TPSA) is 61.0 Å². The van der Waals surface area contributed by atoms with Gasteiger partial charge >= 0.3 is 0 Å². The van der Waals surface area contributed by atoms with Gasteiger partial charge in [0.15, 0.2) is 5.15 Å². The van der Waals surface area contributed by atoms with Crippen LogP contribution in [0, 0.1) is 6.92 Å². The minimum Gasteiger partial charge on any atom is -0.479 e. The Morgan fingerprint density at radius 1 is 1.31 bits per heavy atom. The molecule has 2 N–H and O–H groups in total. The number of methoxy groups -OCH3 is 1. The second kappa shape index (κ2) is 5.59. The van der Waals surface area contributed by atoms with Gasteiger partial charge < -0.3 is 10.5 Å². The predicted octanol–water partition coefficient (Wildman–Crippen LogP) is 2.06. The van der Waals surface area contributed by atoms with Gasteiger partial charge in [-0.15, -0.1) is 0 Å². The molecule has 0 fully saturated rings. The summed E-state index contributed by atoms with van der Waals surface area (Å²) in [5, 5.41) is 0.231. The molecule has 0 amide bonds. The van der Waals surface area contributed by atoms with Gasteiger partial charge in [0.05, 0.1) is 7.11 Å². The van der Waals surface area contributed by atoms with E-state index in [-0.39, 0.29) is 10.8 Å². The standard InChI is InChI=1S/C6H8ClN3O.C2H6/c1-3-9-5(7)4(8)6(10-3)11-2;1-2/h8H2,1-2H3;1-2H3. The van der Waals surface area contributed by atoms with Crippen LogP contribution in [0.3, 0.4) is 0 Å². The summed E-state index contributed by atoms with van der Waals surface area (Å²) >= 11 is 5.64. The number of nitrogen functional groups attached to an aromatic ring is 1. The van der Waals surface area contributed by atoms with Gasteiger partial charge in [0.25, 0.3) is 0 Å². The zero-order valence-electron chi connectivity index (χ0n) is 8.26. The third kappa shape index (κ3) is 3.06.